The van der Waals surface area contributed by atoms with Crippen molar-refractivity contribution >= 4 is 11.0 Å². The number of hydrogen-bond donors (Lipinski definition) is 1. The Morgan fingerprint density at radius 2 is 2.33 bits per heavy atom. The molecule has 1 aliphatic carbocycles. The van der Waals surface area contributed by atoms with Crippen molar-refractivity contribution in [1.29, 1.82) is 0 Å². The summed E-state index contributed by atoms with van der Waals surface area (Å²) in [5.41, 5.74) is 0.970. The van der Waals surface area contributed by atoms with Crippen molar-refractivity contribution in [2.45, 2.75) is 37.3 Å². The van der Waals surface area contributed by atoms with Gasteiger partial charge in [0.05, 0.1) is 17.2 Å². The predicted molar refractivity (Wildman–Crippen MR) is 68.8 cm³/mol. The van der Waals surface area contributed by atoms with Crippen LogP contribution in [0.15, 0.2) is 24.3 Å². The number of rotatable bonds is 2. The molecule has 92 valence electrons. The average Bonchev–Trinajstić information content (AvgIpc) is 2.93. The van der Waals surface area contributed by atoms with Crippen LogP contribution in [0.25, 0.3) is 11.0 Å². The van der Waals surface area contributed by atoms with Gasteiger partial charge in [0.1, 0.15) is 5.52 Å². The van der Waals surface area contributed by atoms with Crippen LogP contribution in [0.2, 0.25) is 0 Å². The highest BCUT2D eigenvalue weighted by Gasteiger charge is 2.42. The highest BCUT2D eigenvalue weighted by molar-refractivity contribution is 5.74. The van der Waals surface area contributed by atoms with E-state index < -0.39 is 5.60 Å². The fraction of sp³-hybridized carbons (Fsp3) is 0.429. The van der Waals surface area contributed by atoms with Gasteiger partial charge in [-0.1, -0.05) is 17.3 Å². The molecule has 4 heteroatoms. The standard InChI is InChI=1S/C14H15N3O/c1-2-9-14(18)10-5-8-13(14)17-12-7-4-3-6-11(12)15-16-17/h1,3-4,6-7,13,18H,5,8-10H2/t13-,14+/m1/s1. The molecule has 2 atom stereocenters. The Hall–Kier alpha value is -1.86. The summed E-state index contributed by atoms with van der Waals surface area (Å²) in [5, 5.41) is 19.0. The van der Waals surface area contributed by atoms with Gasteiger partial charge in [0.25, 0.3) is 0 Å². The minimum Gasteiger partial charge on any atom is -0.387 e. The largest absolute Gasteiger partial charge is 0.387 e. The van der Waals surface area contributed by atoms with Gasteiger partial charge in [-0.15, -0.1) is 17.4 Å². The summed E-state index contributed by atoms with van der Waals surface area (Å²) in [6.07, 6.45) is 8.33. The molecule has 0 bridgehead atoms. The lowest BCUT2D eigenvalue weighted by Crippen LogP contribution is -2.35. The van der Waals surface area contributed by atoms with E-state index in [1.807, 2.05) is 28.9 Å². The van der Waals surface area contributed by atoms with Crippen molar-refractivity contribution in [3.05, 3.63) is 24.3 Å². The van der Waals surface area contributed by atoms with E-state index in [0.717, 1.165) is 30.3 Å². The van der Waals surface area contributed by atoms with Crippen LogP contribution >= 0.6 is 0 Å². The molecule has 0 unspecified atom stereocenters. The highest BCUT2D eigenvalue weighted by Crippen LogP contribution is 2.42. The molecule has 0 aliphatic heterocycles. The van der Waals surface area contributed by atoms with Crippen molar-refractivity contribution in [3.8, 4) is 12.3 Å². The third-order valence-corrected chi connectivity index (χ3v) is 3.79. The van der Waals surface area contributed by atoms with Crippen LogP contribution in [0.3, 0.4) is 0 Å². The fourth-order valence-electron chi connectivity index (χ4n) is 2.89. The normalized spacial score (nSPS) is 27.4. The van der Waals surface area contributed by atoms with Crippen molar-refractivity contribution < 1.29 is 5.11 Å². The Morgan fingerprint density at radius 1 is 1.50 bits per heavy atom. The topological polar surface area (TPSA) is 50.9 Å². The number of benzene rings is 1. The van der Waals surface area contributed by atoms with Crippen LogP contribution in [0, 0.1) is 12.3 Å². The maximum absolute atomic E-state index is 10.7. The maximum atomic E-state index is 10.7. The summed E-state index contributed by atoms with van der Waals surface area (Å²) >= 11 is 0. The van der Waals surface area contributed by atoms with Crippen LogP contribution in [-0.4, -0.2) is 25.7 Å². The van der Waals surface area contributed by atoms with Gasteiger partial charge in [-0.2, -0.15) is 0 Å². The van der Waals surface area contributed by atoms with E-state index in [2.05, 4.69) is 16.2 Å². The minimum atomic E-state index is -0.842. The molecule has 2 aromatic rings. The summed E-state index contributed by atoms with van der Waals surface area (Å²) in [6.45, 7) is 0. The predicted octanol–water partition coefficient (Wildman–Crippen LogP) is 1.91. The monoisotopic (exact) mass is 241 g/mol. The number of hydrogen-bond acceptors (Lipinski definition) is 3. The van der Waals surface area contributed by atoms with Crippen LogP contribution < -0.4 is 0 Å². The average molecular weight is 241 g/mol. The van der Waals surface area contributed by atoms with Gasteiger partial charge in [-0.3, -0.25) is 0 Å². The second-order valence-electron chi connectivity index (χ2n) is 4.92. The summed E-state index contributed by atoms with van der Waals surface area (Å²) in [7, 11) is 0. The number of nitrogens with zero attached hydrogens (tertiary/aromatic N) is 3. The summed E-state index contributed by atoms with van der Waals surface area (Å²) < 4.78 is 1.83. The summed E-state index contributed by atoms with van der Waals surface area (Å²) in [5.74, 6) is 2.58. The molecule has 0 radical (unpaired) electrons. The first kappa shape index (κ1) is 11.2. The molecule has 0 saturated heterocycles. The molecular weight excluding hydrogens is 226 g/mol. The van der Waals surface area contributed by atoms with Gasteiger partial charge in [0, 0.05) is 6.42 Å². The van der Waals surface area contributed by atoms with Crippen molar-refractivity contribution in [1.82, 2.24) is 15.0 Å². The Morgan fingerprint density at radius 3 is 3.17 bits per heavy atom. The summed E-state index contributed by atoms with van der Waals surface area (Å²) in [4.78, 5) is 0. The third-order valence-electron chi connectivity index (χ3n) is 3.79. The van der Waals surface area contributed by atoms with Gasteiger partial charge >= 0.3 is 0 Å². The smallest absolute Gasteiger partial charge is 0.113 e. The lowest BCUT2D eigenvalue weighted by atomic mass is 9.94. The quantitative estimate of drug-likeness (QED) is 0.817. The van der Waals surface area contributed by atoms with Crippen LogP contribution in [0.5, 0.6) is 0 Å². The Labute approximate surface area is 106 Å². The molecule has 1 aromatic carbocycles. The maximum Gasteiger partial charge on any atom is 0.113 e. The van der Waals surface area contributed by atoms with Gasteiger partial charge < -0.3 is 5.11 Å². The lowest BCUT2D eigenvalue weighted by molar-refractivity contribution is 0.00947. The van der Waals surface area contributed by atoms with Crippen molar-refractivity contribution in [2.75, 3.05) is 0 Å². The zero-order valence-corrected chi connectivity index (χ0v) is 10.1. The third kappa shape index (κ3) is 1.59. The van der Waals surface area contributed by atoms with E-state index in [9.17, 15) is 5.11 Å². The lowest BCUT2D eigenvalue weighted by Gasteiger charge is -2.28. The van der Waals surface area contributed by atoms with Gasteiger partial charge in [-0.05, 0) is 31.4 Å². The molecule has 0 amide bonds. The van der Waals surface area contributed by atoms with Crippen molar-refractivity contribution in [2.24, 2.45) is 0 Å². The second-order valence-corrected chi connectivity index (χ2v) is 4.92. The molecular formula is C14H15N3O. The van der Waals surface area contributed by atoms with E-state index in [0.29, 0.717) is 6.42 Å². The number of terminal acetylenes is 1. The minimum absolute atomic E-state index is 0.0686. The molecule has 1 aliphatic rings. The highest BCUT2D eigenvalue weighted by atomic mass is 16.3. The molecule has 4 nitrogen and oxygen atoms in total. The van der Waals surface area contributed by atoms with Crippen LogP contribution in [-0.2, 0) is 0 Å². The Bertz CT molecular complexity index is 613. The molecule has 1 heterocycles. The van der Waals surface area contributed by atoms with E-state index in [-0.39, 0.29) is 6.04 Å². The Kier molecular flexibility index (Phi) is 2.57. The van der Waals surface area contributed by atoms with E-state index >= 15 is 0 Å². The SMILES string of the molecule is C#CC[C@]1(O)CCC[C@H]1n1nnc2ccccc21. The second kappa shape index (κ2) is 4.11. The number of aromatic nitrogens is 3. The number of fused-ring (bicyclic) bond motifs is 1. The first-order valence-corrected chi connectivity index (χ1v) is 6.20. The number of para-hydroxylation sites is 1. The molecule has 1 aromatic heterocycles. The van der Waals surface area contributed by atoms with Crippen molar-refractivity contribution in [3.63, 3.8) is 0 Å². The van der Waals surface area contributed by atoms with Crippen LogP contribution in [0.4, 0.5) is 0 Å². The van der Waals surface area contributed by atoms with Crippen LogP contribution in [0.1, 0.15) is 31.7 Å². The van der Waals surface area contributed by atoms with E-state index in [4.69, 9.17) is 6.42 Å². The molecule has 18 heavy (non-hydrogen) atoms. The first-order valence-electron chi connectivity index (χ1n) is 6.20. The zero-order valence-electron chi connectivity index (χ0n) is 10.1. The molecule has 3 rings (SSSR count). The van der Waals surface area contributed by atoms with E-state index in [1.165, 1.54) is 0 Å². The molecule has 1 saturated carbocycles. The molecule has 0 spiro atoms. The zero-order chi connectivity index (χ0) is 12.6. The fourth-order valence-corrected chi connectivity index (χ4v) is 2.89. The molecule has 1 fully saturated rings. The van der Waals surface area contributed by atoms with Gasteiger partial charge in [0.2, 0.25) is 0 Å². The van der Waals surface area contributed by atoms with Gasteiger partial charge in [-0.25, -0.2) is 4.68 Å². The number of aliphatic hydroxyl groups is 1. The van der Waals surface area contributed by atoms with Gasteiger partial charge in [0.15, 0.2) is 0 Å². The first-order chi connectivity index (χ1) is 8.74. The molecule has 1 N–H and O–H groups in total. The summed E-state index contributed by atoms with van der Waals surface area (Å²) in [6, 6.07) is 7.72. The van der Waals surface area contributed by atoms with E-state index in [1.54, 1.807) is 0 Å². The Balaban J connectivity index is 2.07.